The van der Waals surface area contributed by atoms with Gasteiger partial charge in [0.1, 0.15) is 16.7 Å². The highest BCUT2D eigenvalue weighted by molar-refractivity contribution is 7.10. The Morgan fingerprint density at radius 2 is 2.28 bits per heavy atom. The van der Waals surface area contributed by atoms with Gasteiger partial charge in [-0.3, -0.25) is 4.79 Å². The zero-order valence-corrected chi connectivity index (χ0v) is 10.9. The van der Waals surface area contributed by atoms with E-state index in [4.69, 9.17) is 9.84 Å². The average Bonchev–Trinajstić information content (AvgIpc) is 2.87. The zero-order chi connectivity index (χ0) is 13.1. The summed E-state index contributed by atoms with van der Waals surface area (Å²) >= 11 is 1.36. The molecule has 5 heteroatoms. The predicted molar refractivity (Wildman–Crippen MR) is 70.2 cm³/mol. The molecule has 1 unspecified atom stereocenters. The van der Waals surface area contributed by atoms with Gasteiger partial charge in [-0.25, -0.2) is 4.98 Å². The van der Waals surface area contributed by atoms with Gasteiger partial charge in [-0.15, -0.1) is 11.3 Å². The Morgan fingerprint density at radius 1 is 1.50 bits per heavy atom. The Hall–Kier alpha value is -1.88. The largest absolute Gasteiger partial charge is 0.497 e. The van der Waals surface area contributed by atoms with Crippen molar-refractivity contribution in [3.63, 3.8) is 0 Å². The van der Waals surface area contributed by atoms with E-state index in [0.717, 1.165) is 17.0 Å². The van der Waals surface area contributed by atoms with Crippen LogP contribution in [0.25, 0.3) is 11.3 Å². The summed E-state index contributed by atoms with van der Waals surface area (Å²) in [6, 6.07) is 7.54. The Morgan fingerprint density at radius 3 is 2.94 bits per heavy atom. The lowest BCUT2D eigenvalue weighted by atomic mass is 10.1. The van der Waals surface area contributed by atoms with Gasteiger partial charge in [0.2, 0.25) is 0 Å². The molecule has 0 aliphatic carbocycles. The summed E-state index contributed by atoms with van der Waals surface area (Å²) < 4.78 is 5.15. The summed E-state index contributed by atoms with van der Waals surface area (Å²) in [6.07, 6.45) is 0. The van der Waals surface area contributed by atoms with Crippen molar-refractivity contribution < 1.29 is 14.6 Å². The fourth-order valence-corrected chi connectivity index (χ4v) is 2.38. The summed E-state index contributed by atoms with van der Waals surface area (Å²) in [5.74, 6) is -0.677. The van der Waals surface area contributed by atoms with Crippen LogP contribution in [0.3, 0.4) is 0 Å². The first-order valence-corrected chi connectivity index (χ1v) is 6.32. The third kappa shape index (κ3) is 2.51. The van der Waals surface area contributed by atoms with E-state index in [0.29, 0.717) is 5.01 Å². The van der Waals surface area contributed by atoms with Crippen molar-refractivity contribution in [2.45, 2.75) is 12.8 Å². The van der Waals surface area contributed by atoms with Crippen molar-refractivity contribution >= 4 is 17.3 Å². The number of hydrogen-bond acceptors (Lipinski definition) is 4. The molecule has 0 saturated carbocycles. The molecule has 2 rings (SSSR count). The van der Waals surface area contributed by atoms with Crippen molar-refractivity contribution in [2.24, 2.45) is 0 Å². The highest BCUT2D eigenvalue weighted by atomic mass is 32.1. The number of carbonyl (C=O) groups is 1. The van der Waals surface area contributed by atoms with Crippen LogP contribution < -0.4 is 4.74 Å². The number of ether oxygens (including phenoxy) is 1. The average molecular weight is 263 g/mol. The monoisotopic (exact) mass is 263 g/mol. The minimum absolute atomic E-state index is 0.575. The molecule has 0 saturated heterocycles. The number of aliphatic carboxylic acids is 1. The molecule has 1 atom stereocenters. The molecule has 1 N–H and O–H groups in total. The normalized spacial score (nSPS) is 12.1. The molecule has 2 aromatic rings. The van der Waals surface area contributed by atoms with Crippen molar-refractivity contribution in [3.8, 4) is 17.0 Å². The second kappa shape index (κ2) is 5.18. The molecule has 1 aromatic heterocycles. The quantitative estimate of drug-likeness (QED) is 0.921. The van der Waals surface area contributed by atoms with Gasteiger partial charge in [0.25, 0.3) is 0 Å². The second-order valence-electron chi connectivity index (χ2n) is 3.86. The van der Waals surface area contributed by atoms with Crippen LogP contribution in [0.2, 0.25) is 0 Å². The van der Waals surface area contributed by atoms with Crippen LogP contribution in [0.15, 0.2) is 29.6 Å². The van der Waals surface area contributed by atoms with Gasteiger partial charge in [0.15, 0.2) is 0 Å². The fourth-order valence-electron chi connectivity index (χ4n) is 1.51. The van der Waals surface area contributed by atoms with E-state index in [2.05, 4.69) is 4.98 Å². The lowest BCUT2D eigenvalue weighted by Crippen LogP contribution is -2.06. The second-order valence-corrected chi connectivity index (χ2v) is 4.75. The van der Waals surface area contributed by atoms with Gasteiger partial charge in [-0.1, -0.05) is 12.1 Å². The molecule has 0 bridgehead atoms. The number of nitrogens with zero attached hydrogens (tertiary/aromatic N) is 1. The summed E-state index contributed by atoms with van der Waals surface area (Å²) in [4.78, 5) is 15.3. The third-order valence-corrected chi connectivity index (χ3v) is 3.66. The maximum atomic E-state index is 10.9. The molecule has 0 aliphatic rings. The number of rotatable bonds is 4. The first-order valence-electron chi connectivity index (χ1n) is 5.44. The van der Waals surface area contributed by atoms with Crippen LogP contribution in [0.1, 0.15) is 17.8 Å². The lowest BCUT2D eigenvalue weighted by Gasteiger charge is -2.02. The molecule has 0 spiro atoms. The lowest BCUT2D eigenvalue weighted by molar-refractivity contribution is -0.138. The maximum absolute atomic E-state index is 10.9. The fraction of sp³-hybridized carbons (Fsp3) is 0.231. The van der Waals surface area contributed by atoms with Gasteiger partial charge < -0.3 is 9.84 Å². The number of hydrogen-bond donors (Lipinski definition) is 1. The molecule has 0 aliphatic heterocycles. The summed E-state index contributed by atoms with van der Waals surface area (Å²) in [5.41, 5.74) is 1.71. The SMILES string of the molecule is COc1cccc(-c2csc(C(C)C(=O)O)n2)c1. The predicted octanol–water partition coefficient (Wildman–Crippen LogP) is 3.01. The molecule has 4 nitrogen and oxygen atoms in total. The minimum Gasteiger partial charge on any atom is -0.497 e. The van der Waals surface area contributed by atoms with Crippen molar-refractivity contribution in [3.05, 3.63) is 34.7 Å². The molecular weight excluding hydrogens is 250 g/mol. The van der Waals surface area contributed by atoms with Crippen molar-refractivity contribution in [1.82, 2.24) is 4.98 Å². The van der Waals surface area contributed by atoms with E-state index >= 15 is 0 Å². The molecule has 0 amide bonds. The van der Waals surface area contributed by atoms with Crippen LogP contribution in [0, 0.1) is 0 Å². The van der Waals surface area contributed by atoms with Crippen LogP contribution in [0.5, 0.6) is 5.75 Å². The molecule has 0 radical (unpaired) electrons. The summed E-state index contributed by atoms with van der Waals surface area (Å²) in [5, 5.41) is 11.4. The first-order chi connectivity index (χ1) is 8.61. The minimum atomic E-state index is -0.860. The number of aromatic nitrogens is 1. The van der Waals surface area contributed by atoms with Crippen LogP contribution in [-0.2, 0) is 4.79 Å². The molecule has 1 heterocycles. The van der Waals surface area contributed by atoms with E-state index in [1.165, 1.54) is 11.3 Å². The highest BCUT2D eigenvalue weighted by Gasteiger charge is 2.18. The van der Waals surface area contributed by atoms with Gasteiger partial charge in [0, 0.05) is 10.9 Å². The molecule has 1 aromatic carbocycles. The van der Waals surface area contributed by atoms with Crippen LogP contribution in [0.4, 0.5) is 0 Å². The molecular formula is C13H13NO3S. The van der Waals surface area contributed by atoms with Gasteiger partial charge in [0.05, 0.1) is 12.8 Å². The number of methoxy groups -OCH3 is 1. The number of carboxylic acids is 1. The van der Waals surface area contributed by atoms with E-state index < -0.39 is 11.9 Å². The number of thiazole rings is 1. The topological polar surface area (TPSA) is 59.4 Å². The van der Waals surface area contributed by atoms with Crippen molar-refractivity contribution in [1.29, 1.82) is 0 Å². The Bertz CT molecular complexity index is 565. The molecule has 18 heavy (non-hydrogen) atoms. The Balaban J connectivity index is 2.31. The first kappa shape index (κ1) is 12.6. The number of benzene rings is 1. The third-order valence-electron chi connectivity index (χ3n) is 2.63. The van der Waals surface area contributed by atoms with E-state index in [9.17, 15) is 4.79 Å². The Kier molecular flexibility index (Phi) is 3.62. The smallest absolute Gasteiger partial charge is 0.313 e. The Labute approximate surface area is 109 Å². The van der Waals surface area contributed by atoms with E-state index in [1.54, 1.807) is 14.0 Å². The van der Waals surface area contributed by atoms with Gasteiger partial charge in [-0.2, -0.15) is 0 Å². The molecule has 94 valence electrons. The van der Waals surface area contributed by atoms with E-state index in [1.807, 2.05) is 29.6 Å². The number of carboxylic acid groups (broad SMARTS) is 1. The van der Waals surface area contributed by atoms with Crippen LogP contribution >= 0.6 is 11.3 Å². The molecule has 0 fully saturated rings. The standard InChI is InChI=1S/C13H13NO3S/c1-8(13(15)16)12-14-11(7-18-12)9-4-3-5-10(6-9)17-2/h3-8H,1-2H3,(H,15,16). The highest BCUT2D eigenvalue weighted by Crippen LogP contribution is 2.28. The summed E-state index contributed by atoms with van der Waals surface area (Å²) in [6.45, 7) is 1.64. The van der Waals surface area contributed by atoms with Gasteiger partial charge >= 0.3 is 5.97 Å². The van der Waals surface area contributed by atoms with E-state index in [-0.39, 0.29) is 0 Å². The van der Waals surface area contributed by atoms with Gasteiger partial charge in [-0.05, 0) is 19.1 Å². The maximum Gasteiger partial charge on any atom is 0.313 e. The summed E-state index contributed by atoms with van der Waals surface area (Å²) in [7, 11) is 1.61. The van der Waals surface area contributed by atoms with Crippen LogP contribution in [-0.4, -0.2) is 23.2 Å². The van der Waals surface area contributed by atoms with Crippen molar-refractivity contribution in [2.75, 3.05) is 7.11 Å². The zero-order valence-electron chi connectivity index (χ0n) is 10.1.